The first kappa shape index (κ1) is 25.7. The van der Waals surface area contributed by atoms with Gasteiger partial charge in [-0.15, -0.1) is 0 Å². The van der Waals surface area contributed by atoms with Gasteiger partial charge in [-0.3, -0.25) is 19.3 Å². The molecular weight excluding hydrogens is 526 g/mol. The zero-order chi connectivity index (χ0) is 27.7. The van der Waals surface area contributed by atoms with Gasteiger partial charge in [-0.05, 0) is 37.6 Å². The fraction of sp³-hybridized carbons (Fsp3) is 0.154. The minimum Gasteiger partial charge on any atom is -0.455 e. The summed E-state index contributed by atoms with van der Waals surface area (Å²) in [6.45, 7) is 3.76. The first-order valence-electron chi connectivity index (χ1n) is 11.6. The Morgan fingerprint density at radius 1 is 1.28 bits per heavy atom. The molecule has 1 unspecified atom stereocenters. The summed E-state index contributed by atoms with van der Waals surface area (Å²) < 4.78 is 16.2. The van der Waals surface area contributed by atoms with Crippen LogP contribution >= 0.6 is 11.6 Å². The van der Waals surface area contributed by atoms with Crippen LogP contribution in [-0.2, 0) is 0 Å². The molecule has 1 aromatic carbocycles. The van der Waals surface area contributed by atoms with Gasteiger partial charge in [-0.2, -0.15) is 0 Å². The molecule has 4 N–H and O–H groups in total. The summed E-state index contributed by atoms with van der Waals surface area (Å²) >= 11 is 6.11. The quantitative estimate of drug-likeness (QED) is 0.196. The minimum atomic E-state index is -0.730. The van der Waals surface area contributed by atoms with Crippen LogP contribution in [0.3, 0.4) is 0 Å². The molecule has 0 saturated carbocycles. The average molecular weight is 548 g/mol. The van der Waals surface area contributed by atoms with Crippen molar-refractivity contribution in [3.8, 4) is 22.8 Å². The van der Waals surface area contributed by atoms with Gasteiger partial charge in [0.05, 0.1) is 28.3 Å². The number of pyridine rings is 1. The monoisotopic (exact) mass is 547 g/mol. The van der Waals surface area contributed by atoms with E-state index in [9.17, 15) is 9.59 Å². The van der Waals surface area contributed by atoms with Gasteiger partial charge in [0.15, 0.2) is 12.2 Å². The number of hydrogen-bond acceptors (Lipinski definition) is 11. The van der Waals surface area contributed by atoms with Gasteiger partial charge in [0.1, 0.15) is 28.4 Å². The molecule has 0 saturated heterocycles. The predicted octanol–water partition coefficient (Wildman–Crippen LogP) is 4.32. The molecule has 0 bridgehead atoms. The zero-order valence-electron chi connectivity index (χ0n) is 21.0. The molecule has 0 spiro atoms. The highest BCUT2D eigenvalue weighted by Gasteiger charge is 2.24. The molecule has 5 rings (SSSR count). The van der Waals surface area contributed by atoms with E-state index in [1.807, 2.05) is 19.9 Å². The number of nitrogens with zero attached hydrogens (tertiary/aromatic N) is 4. The number of aliphatic imine (C=N–C) groups is 1. The maximum absolute atomic E-state index is 13.9. The lowest BCUT2D eigenvalue weighted by Crippen LogP contribution is -2.14. The van der Waals surface area contributed by atoms with E-state index in [-0.39, 0.29) is 33.4 Å². The summed E-state index contributed by atoms with van der Waals surface area (Å²) in [4.78, 5) is 40.4. The highest BCUT2D eigenvalue weighted by molar-refractivity contribution is 6.29. The summed E-state index contributed by atoms with van der Waals surface area (Å²) in [5.41, 5.74) is 9.10. The van der Waals surface area contributed by atoms with E-state index in [1.54, 1.807) is 25.2 Å². The van der Waals surface area contributed by atoms with Crippen LogP contribution in [0.4, 0.5) is 5.69 Å². The van der Waals surface area contributed by atoms with Crippen LogP contribution in [0.15, 0.2) is 71.1 Å². The van der Waals surface area contributed by atoms with Gasteiger partial charge >= 0.3 is 5.76 Å². The van der Waals surface area contributed by atoms with Crippen molar-refractivity contribution in [1.82, 2.24) is 20.1 Å². The minimum absolute atomic E-state index is 0.106. The number of hydrogen-bond donors (Lipinski definition) is 3. The van der Waals surface area contributed by atoms with E-state index in [2.05, 4.69) is 34.9 Å². The number of anilines is 1. The second kappa shape index (κ2) is 10.4. The van der Waals surface area contributed by atoms with E-state index in [1.165, 1.54) is 25.1 Å². The Hall–Kier alpha value is -4.97. The van der Waals surface area contributed by atoms with Gasteiger partial charge in [0.25, 0.3) is 0 Å². The lowest BCUT2D eigenvalue weighted by Gasteiger charge is -2.20. The van der Waals surface area contributed by atoms with Crippen molar-refractivity contribution in [2.45, 2.75) is 19.9 Å². The number of aryl methyl sites for hydroxylation is 1. The summed E-state index contributed by atoms with van der Waals surface area (Å²) in [7, 11) is 1.58. The summed E-state index contributed by atoms with van der Waals surface area (Å²) in [5.74, 6) is -0.429. The molecule has 13 heteroatoms. The van der Waals surface area contributed by atoms with Crippen LogP contribution < -0.4 is 22.2 Å². The molecule has 4 heterocycles. The van der Waals surface area contributed by atoms with Gasteiger partial charge in [0, 0.05) is 25.0 Å². The van der Waals surface area contributed by atoms with E-state index in [0.29, 0.717) is 33.5 Å². The molecule has 1 atom stereocenters. The standard InChI is InChI=1S/C26H22ClN7O5/c1-12-6-15(13(2)31-17-4-5-19(27)32-21(17)25-33-26(36)39-34-25)24-16(7-12)22(35)20(18-10-37-11-30-18)23(38-24)14(8-28)9-29-3/h4-11,13,31H,28H2,1-3H3,(H,33,34,36)/b14-8+,29-9?. The first-order valence-corrected chi connectivity index (χ1v) is 12.0. The molecule has 0 aliphatic carbocycles. The maximum Gasteiger partial charge on any atom is 0.439 e. The Balaban J connectivity index is 1.70. The van der Waals surface area contributed by atoms with Gasteiger partial charge in [0.2, 0.25) is 11.3 Å². The number of allylic oxidation sites excluding steroid dienone is 1. The molecule has 5 aromatic rings. The molecule has 12 nitrogen and oxygen atoms in total. The summed E-state index contributed by atoms with van der Waals surface area (Å²) in [5, 5.41) is 7.62. The van der Waals surface area contributed by atoms with Crippen molar-refractivity contribution in [3.05, 3.63) is 85.9 Å². The summed E-state index contributed by atoms with van der Waals surface area (Å²) in [6, 6.07) is 6.52. The number of rotatable bonds is 7. The second-order valence-electron chi connectivity index (χ2n) is 8.59. The van der Waals surface area contributed by atoms with Crippen LogP contribution in [0.5, 0.6) is 0 Å². The Labute approximate surface area is 225 Å². The Bertz CT molecular complexity index is 1850. The third-order valence-corrected chi connectivity index (χ3v) is 6.14. The maximum atomic E-state index is 13.9. The van der Waals surface area contributed by atoms with Crippen LogP contribution in [-0.4, -0.2) is 33.4 Å². The van der Waals surface area contributed by atoms with Crippen LogP contribution in [0, 0.1) is 6.92 Å². The molecule has 0 aliphatic heterocycles. The normalized spacial score (nSPS) is 12.9. The van der Waals surface area contributed by atoms with Crippen molar-refractivity contribution >= 4 is 40.0 Å². The number of aromatic nitrogens is 4. The van der Waals surface area contributed by atoms with E-state index in [4.69, 9.17) is 26.2 Å². The molecule has 0 amide bonds. The number of nitrogens with two attached hydrogens (primary N) is 1. The predicted molar refractivity (Wildman–Crippen MR) is 147 cm³/mol. The highest BCUT2D eigenvalue weighted by Crippen LogP contribution is 2.34. The van der Waals surface area contributed by atoms with E-state index in [0.717, 1.165) is 5.56 Å². The fourth-order valence-corrected chi connectivity index (χ4v) is 4.41. The van der Waals surface area contributed by atoms with E-state index < -0.39 is 11.8 Å². The van der Waals surface area contributed by atoms with Crippen LogP contribution in [0.25, 0.3) is 39.3 Å². The number of oxazole rings is 1. The third-order valence-electron chi connectivity index (χ3n) is 5.93. The van der Waals surface area contributed by atoms with Crippen molar-refractivity contribution in [2.75, 3.05) is 12.4 Å². The number of H-pyrrole nitrogens is 1. The number of benzene rings is 1. The smallest absolute Gasteiger partial charge is 0.439 e. The van der Waals surface area contributed by atoms with Crippen LogP contribution in [0.2, 0.25) is 5.15 Å². The van der Waals surface area contributed by atoms with Crippen LogP contribution in [0.1, 0.15) is 29.9 Å². The molecular formula is C26H22ClN7O5. The van der Waals surface area contributed by atoms with Crippen molar-refractivity contribution in [3.63, 3.8) is 0 Å². The largest absolute Gasteiger partial charge is 0.455 e. The van der Waals surface area contributed by atoms with Gasteiger partial charge < -0.3 is 19.9 Å². The van der Waals surface area contributed by atoms with E-state index >= 15 is 0 Å². The highest BCUT2D eigenvalue weighted by atomic mass is 35.5. The molecule has 198 valence electrons. The second-order valence-corrected chi connectivity index (χ2v) is 8.98. The number of halogens is 1. The molecule has 0 aliphatic rings. The number of nitrogens with one attached hydrogen (secondary N) is 2. The fourth-order valence-electron chi connectivity index (χ4n) is 4.26. The van der Waals surface area contributed by atoms with Crippen molar-refractivity contribution in [1.29, 1.82) is 0 Å². The molecule has 0 radical (unpaired) electrons. The Morgan fingerprint density at radius 3 is 2.77 bits per heavy atom. The Morgan fingerprint density at radius 2 is 2.10 bits per heavy atom. The summed E-state index contributed by atoms with van der Waals surface area (Å²) in [6.07, 6.45) is 5.40. The SMILES string of the molecule is CN=C/C(=C\N)c1oc2c(C(C)Nc3ccc(Cl)nc3-c3noc(=O)[nH]3)cc(C)cc2c(=O)c1-c1cocn1. The molecule has 0 fully saturated rings. The molecule has 39 heavy (non-hydrogen) atoms. The number of fused-ring (bicyclic) bond motifs is 1. The molecule has 4 aromatic heterocycles. The van der Waals surface area contributed by atoms with Crippen molar-refractivity contribution < 1.29 is 13.4 Å². The third kappa shape index (κ3) is 4.84. The van der Waals surface area contributed by atoms with Gasteiger partial charge in [-0.25, -0.2) is 14.8 Å². The number of aromatic amines is 1. The zero-order valence-corrected chi connectivity index (χ0v) is 21.7. The lowest BCUT2D eigenvalue weighted by atomic mass is 9.97. The first-order chi connectivity index (χ1) is 18.8. The van der Waals surface area contributed by atoms with Gasteiger partial charge in [-0.1, -0.05) is 22.8 Å². The lowest BCUT2D eigenvalue weighted by molar-refractivity contribution is 0.388. The topological polar surface area (TPSA) is 178 Å². The average Bonchev–Trinajstić information content (AvgIpc) is 3.60. The van der Waals surface area contributed by atoms with Crippen molar-refractivity contribution in [2.24, 2.45) is 10.7 Å². The Kier molecular flexibility index (Phi) is 6.86.